The summed E-state index contributed by atoms with van der Waals surface area (Å²) in [5.41, 5.74) is 1.43. The van der Waals surface area contributed by atoms with Crippen LogP contribution in [-0.4, -0.2) is 31.6 Å². The summed E-state index contributed by atoms with van der Waals surface area (Å²) in [7, 11) is 2.26. The molecule has 1 fully saturated rings. The van der Waals surface area contributed by atoms with Crippen LogP contribution in [-0.2, 0) is 0 Å². The third-order valence-corrected chi connectivity index (χ3v) is 3.55. The van der Waals surface area contributed by atoms with Gasteiger partial charge in [-0.1, -0.05) is 37.3 Å². The van der Waals surface area contributed by atoms with E-state index in [-0.39, 0.29) is 0 Å². The van der Waals surface area contributed by atoms with Crippen molar-refractivity contribution in [2.45, 2.75) is 25.8 Å². The van der Waals surface area contributed by atoms with Gasteiger partial charge in [0.05, 0.1) is 0 Å². The number of benzene rings is 1. The molecule has 1 saturated carbocycles. The number of hydrogen-bond donors (Lipinski definition) is 1. The van der Waals surface area contributed by atoms with Crippen molar-refractivity contribution in [2.75, 3.05) is 26.7 Å². The van der Waals surface area contributed by atoms with E-state index in [4.69, 9.17) is 0 Å². The van der Waals surface area contributed by atoms with Crippen LogP contribution in [0.1, 0.15) is 31.4 Å². The minimum Gasteiger partial charge on any atom is -0.315 e. The van der Waals surface area contributed by atoms with Gasteiger partial charge in [-0.2, -0.15) is 0 Å². The molecule has 0 amide bonds. The molecule has 0 heterocycles. The SMILES string of the molecule is CCNCC(c1ccccc1)N(C)CC1CC1. The van der Waals surface area contributed by atoms with E-state index < -0.39 is 0 Å². The van der Waals surface area contributed by atoms with E-state index in [1.165, 1.54) is 24.9 Å². The number of nitrogens with zero attached hydrogens (tertiary/aromatic N) is 1. The Bertz CT molecular complexity index is 319. The smallest absolute Gasteiger partial charge is 0.0469 e. The zero-order chi connectivity index (χ0) is 12.1. The van der Waals surface area contributed by atoms with E-state index >= 15 is 0 Å². The third kappa shape index (κ3) is 3.83. The van der Waals surface area contributed by atoms with Crippen molar-refractivity contribution in [3.8, 4) is 0 Å². The van der Waals surface area contributed by atoms with E-state index in [0.29, 0.717) is 6.04 Å². The zero-order valence-corrected chi connectivity index (χ0v) is 11.0. The summed E-state index contributed by atoms with van der Waals surface area (Å²) < 4.78 is 0. The molecule has 1 unspecified atom stereocenters. The highest BCUT2D eigenvalue weighted by atomic mass is 15.2. The average Bonchev–Trinajstić information content (AvgIpc) is 3.15. The van der Waals surface area contributed by atoms with Crippen LogP contribution < -0.4 is 5.32 Å². The number of hydrogen-bond acceptors (Lipinski definition) is 2. The predicted molar refractivity (Wildman–Crippen MR) is 73.1 cm³/mol. The second-order valence-electron chi connectivity index (χ2n) is 5.12. The summed E-state index contributed by atoms with van der Waals surface area (Å²) in [6.45, 7) is 5.50. The minimum absolute atomic E-state index is 0.511. The van der Waals surface area contributed by atoms with Crippen molar-refractivity contribution in [2.24, 2.45) is 5.92 Å². The summed E-state index contributed by atoms with van der Waals surface area (Å²) in [6.07, 6.45) is 2.85. The van der Waals surface area contributed by atoms with Crippen LogP contribution in [0, 0.1) is 5.92 Å². The quantitative estimate of drug-likeness (QED) is 0.777. The molecule has 17 heavy (non-hydrogen) atoms. The van der Waals surface area contributed by atoms with Crippen LogP contribution in [0.15, 0.2) is 30.3 Å². The highest BCUT2D eigenvalue weighted by molar-refractivity contribution is 5.19. The molecule has 1 aromatic rings. The highest BCUT2D eigenvalue weighted by Crippen LogP contribution is 2.31. The summed E-state index contributed by atoms with van der Waals surface area (Å²) in [4.78, 5) is 2.51. The van der Waals surface area contributed by atoms with Gasteiger partial charge >= 0.3 is 0 Å². The Labute approximate surface area is 105 Å². The fraction of sp³-hybridized carbons (Fsp3) is 0.600. The third-order valence-electron chi connectivity index (χ3n) is 3.55. The van der Waals surface area contributed by atoms with Crippen molar-refractivity contribution in [1.82, 2.24) is 10.2 Å². The van der Waals surface area contributed by atoms with Crippen molar-refractivity contribution in [3.63, 3.8) is 0 Å². The molecule has 0 spiro atoms. The van der Waals surface area contributed by atoms with Gasteiger partial charge in [0.25, 0.3) is 0 Å². The molecule has 1 N–H and O–H groups in total. The van der Waals surface area contributed by atoms with Gasteiger partial charge in [0.15, 0.2) is 0 Å². The van der Waals surface area contributed by atoms with E-state index in [2.05, 4.69) is 54.5 Å². The first-order valence-corrected chi connectivity index (χ1v) is 6.77. The molecule has 0 radical (unpaired) electrons. The second kappa shape index (κ2) is 6.18. The Hall–Kier alpha value is -0.860. The molecular weight excluding hydrogens is 208 g/mol. The number of nitrogens with one attached hydrogen (secondary N) is 1. The molecule has 0 aromatic heterocycles. The topological polar surface area (TPSA) is 15.3 Å². The molecule has 0 bridgehead atoms. The van der Waals surface area contributed by atoms with E-state index in [1.54, 1.807) is 0 Å². The lowest BCUT2D eigenvalue weighted by atomic mass is 10.1. The van der Waals surface area contributed by atoms with Crippen molar-refractivity contribution < 1.29 is 0 Å². The first kappa shape index (κ1) is 12.6. The van der Waals surface area contributed by atoms with Gasteiger partial charge in [0.2, 0.25) is 0 Å². The van der Waals surface area contributed by atoms with Crippen molar-refractivity contribution >= 4 is 0 Å². The molecule has 2 nitrogen and oxygen atoms in total. The predicted octanol–water partition coefficient (Wildman–Crippen LogP) is 2.68. The molecule has 0 aliphatic heterocycles. The monoisotopic (exact) mass is 232 g/mol. The Morgan fingerprint density at radius 1 is 1.29 bits per heavy atom. The van der Waals surface area contributed by atoms with Crippen LogP contribution in [0.4, 0.5) is 0 Å². The molecule has 94 valence electrons. The van der Waals surface area contributed by atoms with E-state index in [9.17, 15) is 0 Å². The molecule has 1 atom stereocenters. The maximum absolute atomic E-state index is 3.48. The zero-order valence-electron chi connectivity index (χ0n) is 11.0. The van der Waals surface area contributed by atoms with Crippen LogP contribution >= 0.6 is 0 Å². The maximum Gasteiger partial charge on any atom is 0.0469 e. The first-order chi connectivity index (χ1) is 8.31. The van der Waals surface area contributed by atoms with Crippen molar-refractivity contribution in [1.29, 1.82) is 0 Å². The summed E-state index contributed by atoms with van der Waals surface area (Å²) >= 11 is 0. The standard InChI is InChI=1S/C15H24N2/c1-3-16-11-15(14-7-5-4-6-8-14)17(2)12-13-9-10-13/h4-8,13,15-16H,3,9-12H2,1-2H3. The lowest BCUT2D eigenvalue weighted by molar-refractivity contribution is 0.230. The lowest BCUT2D eigenvalue weighted by Gasteiger charge is -2.28. The molecule has 1 aliphatic rings. The van der Waals surface area contributed by atoms with Crippen LogP contribution in [0.2, 0.25) is 0 Å². The molecular formula is C15H24N2. The van der Waals surface area contributed by atoms with Gasteiger partial charge in [-0.25, -0.2) is 0 Å². The van der Waals surface area contributed by atoms with Gasteiger partial charge in [-0.15, -0.1) is 0 Å². The molecule has 0 saturated heterocycles. The Morgan fingerprint density at radius 2 is 2.00 bits per heavy atom. The Morgan fingerprint density at radius 3 is 2.59 bits per heavy atom. The van der Waals surface area contributed by atoms with Crippen LogP contribution in [0.3, 0.4) is 0 Å². The lowest BCUT2D eigenvalue weighted by Crippen LogP contribution is -2.34. The fourth-order valence-corrected chi connectivity index (χ4v) is 2.32. The van der Waals surface area contributed by atoms with Gasteiger partial charge in [-0.3, -0.25) is 4.90 Å². The molecule has 1 aromatic carbocycles. The number of likely N-dealkylation sites (N-methyl/N-ethyl adjacent to an activating group) is 2. The molecule has 2 rings (SSSR count). The molecule has 2 heteroatoms. The van der Waals surface area contributed by atoms with E-state index in [0.717, 1.165) is 19.0 Å². The largest absolute Gasteiger partial charge is 0.315 e. The van der Waals surface area contributed by atoms with Gasteiger partial charge in [-0.05, 0) is 37.9 Å². The Balaban J connectivity index is 2.00. The highest BCUT2D eigenvalue weighted by Gasteiger charge is 2.26. The summed E-state index contributed by atoms with van der Waals surface area (Å²) in [5.74, 6) is 0.952. The summed E-state index contributed by atoms with van der Waals surface area (Å²) in [6, 6.07) is 11.4. The first-order valence-electron chi connectivity index (χ1n) is 6.77. The van der Waals surface area contributed by atoms with Gasteiger partial charge < -0.3 is 5.32 Å². The van der Waals surface area contributed by atoms with Crippen LogP contribution in [0.25, 0.3) is 0 Å². The van der Waals surface area contributed by atoms with Crippen molar-refractivity contribution in [3.05, 3.63) is 35.9 Å². The number of rotatable bonds is 7. The summed E-state index contributed by atoms with van der Waals surface area (Å²) in [5, 5.41) is 3.48. The Kier molecular flexibility index (Phi) is 4.57. The van der Waals surface area contributed by atoms with E-state index in [1.807, 2.05) is 0 Å². The second-order valence-corrected chi connectivity index (χ2v) is 5.12. The fourth-order valence-electron chi connectivity index (χ4n) is 2.32. The molecule has 1 aliphatic carbocycles. The van der Waals surface area contributed by atoms with Gasteiger partial charge in [0, 0.05) is 19.1 Å². The average molecular weight is 232 g/mol. The maximum atomic E-state index is 3.48. The normalized spacial score (nSPS) is 17.4. The van der Waals surface area contributed by atoms with Gasteiger partial charge in [0.1, 0.15) is 0 Å². The minimum atomic E-state index is 0.511. The van der Waals surface area contributed by atoms with Crippen LogP contribution in [0.5, 0.6) is 0 Å².